The molecule has 0 saturated carbocycles. The average Bonchev–Trinajstić information content (AvgIpc) is 2.55. The van der Waals surface area contributed by atoms with E-state index in [0.29, 0.717) is 17.0 Å². The topological polar surface area (TPSA) is 54.4 Å². The van der Waals surface area contributed by atoms with Gasteiger partial charge in [0.15, 0.2) is 11.6 Å². The van der Waals surface area contributed by atoms with E-state index in [1.807, 2.05) is 6.07 Å². The first-order valence-electron chi connectivity index (χ1n) is 7.05. The quantitative estimate of drug-likeness (QED) is 0.466. The van der Waals surface area contributed by atoms with Gasteiger partial charge in [-0.25, -0.2) is 0 Å². The van der Waals surface area contributed by atoms with Gasteiger partial charge in [-0.3, -0.25) is 9.59 Å². The van der Waals surface area contributed by atoms with E-state index in [-0.39, 0.29) is 18.2 Å². The number of Topliss-reactive ketones (excluding diaryl/α,β-unsaturated/α-hetero) is 2. The lowest BCUT2D eigenvalue weighted by Gasteiger charge is -2.01. The minimum absolute atomic E-state index is 0.0113. The maximum Gasteiger partial charge on any atom is 0.159 e. The highest BCUT2D eigenvalue weighted by Gasteiger charge is 2.04. The molecule has 3 nitrogen and oxygen atoms in total. The fourth-order valence-corrected chi connectivity index (χ4v) is 2.95. The molecule has 1 N–H and O–H groups in total. The third kappa shape index (κ3) is 6.13. The zero-order valence-corrected chi connectivity index (χ0v) is 17.2. The lowest BCUT2D eigenvalue weighted by molar-refractivity contribution is 0.100. The van der Waals surface area contributed by atoms with Crippen molar-refractivity contribution in [3.8, 4) is 0 Å². The number of carbonyl (C=O) groups is 2. The molecule has 0 saturated heterocycles. The summed E-state index contributed by atoms with van der Waals surface area (Å²) in [4.78, 5) is 21.9. The molecule has 0 aliphatic carbocycles. The van der Waals surface area contributed by atoms with Gasteiger partial charge in [0.05, 0.1) is 6.61 Å². The Balaban J connectivity index is 0.000000240. The molecule has 0 radical (unpaired) electrons. The summed E-state index contributed by atoms with van der Waals surface area (Å²) >= 11 is 12.3. The number of rotatable bonds is 4. The van der Waals surface area contributed by atoms with E-state index in [1.54, 1.807) is 37.3 Å². The molecule has 0 aliphatic heterocycles. The zero-order chi connectivity index (χ0) is 18.3. The standard InChI is InChI=1S/C9H8BrClO.C9H9BrO2/c2*1-6(12)7-2-3-9(10)8(4-7)5-11/h2-4H,5H2,1H3;2-4,11H,5H2,1H3. The largest absolute Gasteiger partial charge is 0.392 e. The normalized spacial score (nSPS) is 9.92. The lowest BCUT2D eigenvalue weighted by atomic mass is 10.1. The van der Waals surface area contributed by atoms with Crippen LogP contribution in [-0.4, -0.2) is 16.7 Å². The van der Waals surface area contributed by atoms with Crippen molar-refractivity contribution in [2.24, 2.45) is 0 Å². The molecule has 6 heteroatoms. The minimum Gasteiger partial charge on any atom is -0.392 e. The van der Waals surface area contributed by atoms with Crippen LogP contribution in [0.15, 0.2) is 45.3 Å². The Bertz CT molecular complexity index is 682. The number of hydrogen-bond acceptors (Lipinski definition) is 3. The van der Waals surface area contributed by atoms with E-state index in [0.717, 1.165) is 20.1 Å². The summed E-state index contributed by atoms with van der Waals surface area (Å²) in [5, 5.41) is 8.88. The summed E-state index contributed by atoms with van der Waals surface area (Å²) in [5.41, 5.74) is 3.02. The second-order valence-electron chi connectivity index (χ2n) is 5.02. The molecule has 0 bridgehead atoms. The third-order valence-electron chi connectivity index (χ3n) is 3.22. The molecule has 0 unspecified atom stereocenters. The van der Waals surface area contributed by atoms with Gasteiger partial charge in [-0.2, -0.15) is 0 Å². The van der Waals surface area contributed by atoms with Gasteiger partial charge in [0.25, 0.3) is 0 Å². The molecule has 2 aromatic carbocycles. The maximum atomic E-state index is 11.0. The van der Waals surface area contributed by atoms with Gasteiger partial charge in [-0.15, -0.1) is 11.6 Å². The highest BCUT2D eigenvalue weighted by Crippen LogP contribution is 2.20. The van der Waals surface area contributed by atoms with E-state index in [4.69, 9.17) is 16.7 Å². The Morgan fingerprint density at radius 3 is 1.71 bits per heavy atom. The number of hydrogen-bond donors (Lipinski definition) is 1. The van der Waals surface area contributed by atoms with Crippen molar-refractivity contribution in [3.63, 3.8) is 0 Å². The fourth-order valence-electron chi connectivity index (χ4n) is 1.81. The molecule has 0 spiro atoms. The van der Waals surface area contributed by atoms with Gasteiger partial charge in [0.2, 0.25) is 0 Å². The van der Waals surface area contributed by atoms with Crippen molar-refractivity contribution < 1.29 is 14.7 Å². The SMILES string of the molecule is CC(=O)c1ccc(Br)c(CCl)c1.CC(=O)c1ccc(Br)c(CO)c1. The van der Waals surface area contributed by atoms with E-state index < -0.39 is 0 Å². The second kappa shape index (κ2) is 10.1. The predicted molar refractivity (Wildman–Crippen MR) is 104 cm³/mol. The summed E-state index contributed by atoms with van der Waals surface area (Å²) in [5.74, 6) is 0.493. The molecule has 0 heterocycles. The van der Waals surface area contributed by atoms with Crippen LogP contribution < -0.4 is 0 Å². The number of benzene rings is 2. The Morgan fingerprint density at radius 1 is 0.917 bits per heavy atom. The molecule has 2 rings (SSSR count). The van der Waals surface area contributed by atoms with Crippen LogP contribution in [0, 0.1) is 0 Å². The fraction of sp³-hybridized carbons (Fsp3) is 0.222. The highest BCUT2D eigenvalue weighted by molar-refractivity contribution is 9.10. The summed E-state index contributed by atoms with van der Waals surface area (Å²) < 4.78 is 1.78. The lowest BCUT2D eigenvalue weighted by Crippen LogP contribution is -1.94. The summed E-state index contributed by atoms with van der Waals surface area (Å²) in [7, 11) is 0. The average molecular weight is 477 g/mol. The van der Waals surface area contributed by atoms with Crippen molar-refractivity contribution in [1.82, 2.24) is 0 Å². The van der Waals surface area contributed by atoms with Crippen LogP contribution in [0.25, 0.3) is 0 Å². The van der Waals surface area contributed by atoms with Gasteiger partial charge in [0, 0.05) is 26.0 Å². The molecule has 24 heavy (non-hydrogen) atoms. The molecule has 0 aliphatic rings. The van der Waals surface area contributed by atoms with E-state index >= 15 is 0 Å². The predicted octanol–water partition coefficient (Wildman–Crippen LogP) is 5.53. The molecular formula is C18H17Br2ClO3. The number of alkyl halides is 1. The number of ketones is 2. The molecule has 2 aromatic rings. The number of halogens is 3. The minimum atomic E-state index is -0.0539. The molecule has 0 amide bonds. The van der Waals surface area contributed by atoms with Crippen LogP contribution in [0.2, 0.25) is 0 Å². The van der Waals surface area contributed by atoms with Crippen LogP contribution in [0.5, 0.6) is 0 Å². The van der Waals surface area contributed by atoms with Gasteiger partial charge in [0.1, 0.15) is 0 Å². The van der Waals surface area contributed by atoms with Crippen LogP contribution >= 0.6 is 43.5 Å². The monoisotopic (exact) mass is 474 g/mol. The Hall–Kier alpha value is -1.01. The van der Waals surface area contributed by atoms with E-state index in [1.165, 1.54) is 6.92 Å². The van der Waals surface area contributed by atoms with Crippen LogP contribution in [0.1, 0.15) is 45.7 Å². The van der Waals surface area contributed by atoms with Crippen molar-refractivity contribution in [3.05, 3.63) is 67.6 Å². The van der Waals surface area contributed by atoms with Crippen molar-refractivity contribution in [2.75, 3.05) is 0 Å². The van der Waals surface area contributed by atoms with Crippen LogP contribution in [-0.2, 0) is 12.5 Å². The second-order valence-corrected chi connectivity index (χ2v) is 6.99. The molecule has 0 fully saturated rings. The van der Waals surface area contributed by atoms with E-state index in [9.17, 15) is 9.59 Å². The Labute approximate surface area is 163 Å². The first-order valence-corrected chi connectivity index (χ1v) is 9.17. The first kappa shape index (κ1) is 21.0. The van der Waals surface area contributed by atoms with Crippen molar-refractivity contribution in [2.45, 2.75) is 26.3 Å². The molecule has 0 atom stereocenters. The van der Waals surface area contributed by atoms with Crippen molar-refractivity contribution >= 4 is 55.0 Å². The summed E-state index contributed by atoms with van der Waals surface area (Å²) in [6, 6.07) is 10.6. The number of carbonyl (C=O) groups excluding carboxylic acids is 2. The third-order valence-corrected chi connectivity index (χ3v) is 5.05. The van der Waals surface area contributed by atoms with Crippen molar-refractivity contribution in [1.29, 1.82) is 0 Å². The molecule has 128 valence electrons. The van der Waals surface area contributed by atoms with Crippen LogP contribution in [0.4, 0.5) is 0 Å². The number of aliphatic hydroxyl groups is 1. The smallest absolute Gasteiger partial charge is 0.159 e. The molecule has 0 aromatic heterocycles. The summed E-state index contributed by atoms with van der Waals surface area (Å²) in [6.45, 7) is 2.99. The van der Waals surface area contributed by atoms with Crippen LogP contribution in [0.3, 0.4) is 0 Å². The van der Waals surface area contributed by atoms with Gasteiger partial charge < -0.3 is 5.11 Å². The zero-order valence-electron chi connectivity index (χ0n) is 13.3. The summed E-state index contributed by atoms with van der Waals surface area (Å²) in [6.07, 6.45) is 0. The van der Waals surface area contributed by atoms with Gasteiger partial charge in [-0.05, 0) is 49.2 Å². The highest BCUT2D eigenvalue weighted by atomic mass is 79.9. The first-order chi connectivity index (χ1) is 11.3. The van der Waals surface area contributed by atoms with E-state index in [2.05, 4.69) is 31.9 Å². The van der Waals surface area contributed by atoms with Gasteiger partial charge in [-0.1, -0.05) is 44.0 Å². The maximum absolute atomic E-state index is 11.0. The Kier molecular flexibility index (Phi) is 8.84. The molecular weight excluding hydrogens is 459 g/mol. The number of aliphatic hydroxyl groups excluding tert-OH is 1. The Morgan fingerprint density at radius 2 is 1.33 bits per heavy atom. The van der Waals surface area contributed by atoms with Gasteiger partial charge >= 0.3 is 0 Å².